The molecular weight excluding hydrogens is 138 g/mol. The molecule has 1 rings (SSSR count). The highest BCUT2D eigenvalue weighted by molar-refractivity contribution is 4.79. The largest absolute Gasteiger partial charge is 0.361 e. The molecule has 2 unspecified atom stereocenters. The van der Waals surface area contributed by atoms with E-state index in [1.165, 1.54) is 0 Å². The molecule has 2 heteroatoms. The molecule has 1 saturated heterocycles. The Labute approximate surface area is 69.3 Å². The molecule has 0 saturated carbocycles. The Bertz CT molecular complexity index is 109. The molecule has 1 heterocycles. The van der Waals surface area contributed by atoms with Gasteiger partial charge >= 0.3 is 0 Å². The lowest BCUT2D eigenvalue weighted by atomic mass is 10.1. The van der Waals surface area contributed by atoms with Gasteiger partial charge in [-0.15, -0.1) is 0 Å². The third-order valence-electron chi connectivity index (χ3n) is 2.24. The third-order valence-corrected chi connectivity index (χ3v) is 2.24. The molecule has 0 bridgehead atoms. The van der Waals surface area contributed by atoms with E-state index in [2.05, 4.69) is 33.0 Å². The van der Waals surface area contributed by atoms with Gasteiger partial charge in [0.15, 0.2) is 0 Å². The van der Waals surface area contributed by atoms with E-state index in [1.807, 2.05) is 0 Å². The molecule has 0 amide bonds. The highest BCUT2D eigenvalue weighted by atomic mass is 16.5. The van der Waals surface area contributed by atoms with E-state index in [1.54, 1.807) is 0 Å². The van der Waals surface area contributed by atoms with Crippen molar-refractivity contribution in [3.05, 3.63) is 0 Å². The van der Waals surface area contributed by atoms with Crippen LogP contribution in [0.3, 0.4) is 0 Å². The molecule has 0 aliphatic carbocycles. The molecule has 1 fully saturated rings. The standard InChI is InChI=1S/C9H19NO/c1-6(2)8-5-11-9(10-8)7(3)4/h6-10H,5H2,1-4H3. The summed E-state index contributed by atoms with van der Waals surface area (Å²) in [6.07, 6.45) is 0.280. The lowest BCUT2D eigenvalue weighted by Gasteiger charge is -2.16. The van der Waals surface area contributed by atoms with Gasteiger partial charge in [-0.1, -0.05) is 27.7 Å². The lowest BCUT2D eigenvalue weighted by Crippen LogP contribution is -2.36. The maximum Gasteiger partial charge on any atom is 0.110 e. The van der Waals surface area contributed by atoms with Gasteiger partial charge in [-0.3, -0.25) is 5.32 Å². The van der Waals surface area contributed by atoms with Crippen LogP contribution in [0.15, 0.2) is 0 Å². The quantitative estimate of drug-likeness (QED) is 0.657. The fraction of sp³-hybridized carbons (Fsp3) is 1.00. The first-order valence-corrected chi connectivity index (χ1v) is 4.49. The third kappa shape index (κ3) is 2.17. The zero-order valence-electron chi connectivity index (χ0n) is 7.92. The van der Waals surface area contributed by atoms with Crippen molar-refractivity contribution in [3.8, 4) is 0 Å². The monoisotopic (exact) mass is 157 g/mol. The maximum absolute atomic E-state index is 5.58. The molecule has 1 aliphatic rings. The van der Waals surface area contributed by atoms with E-state index in [-0.39, 0.29) is 6.23 Å². The summed E-state index contributed by atoms with van der Waals surface area (Å²) in [6.45, 7) is 9.69. The Morgan fingerprint density at radius 2 is 1.82 bits per heavy atom. The van der Waals surface area contributed by atoms with Crippen molar-refractivity contribution in [1.29, 1.82) is 0 Å². The highest BCUT2D eigenvalue weighted by Gasteiger charge is 2.27. The number of hydrogen-bond donors (Lipinski definition) is 1. The van der Waals surface area contributed by atoms with Crippen molar-refractivity contribution in [1.82, 2.24) is 5.32 Å². The second-order valence-electron chi connectivity index (χ2n) is 4.02. The SMILES string of the molecule is CC(C)C1COC(C(C)C)N1. The Hall–Kier alpha value is -0.0800. The minimum Gasteiger partial charge on any atom is -0.361 e. The van der Waals surface area contributed by atoms with E-state index in [4.69, 9.17) is 4.74 Å². The van der Waals surface area contributed by atoms with Gasteiger partial charge in [-0.25, -0.2) is 0 Å². The molecule has 66 valence electrons. The summed E-state index contributed by atoms with van der Waals surface area (Å²) in [5.74, 6) is 1.26. The smallest absolute Gasteiger partial charge is 0.110 e. The van der Waals surface area contributed by atoms with Gasteiger partial charge in [0.25, 0.3) is 0 Å². The van der Waals surface area contributed by atoms with Crippen molar-refractivity contribution in [2.45, 2.75) is 40.0 Å². The molecule has 11 heavy (non-hydrogen) atoms. The fourth-order valence-corrected chi connectivity index (χ4v) is 1.28. The highest BCUT2D eigenvalue weighted by Crippen LogP contribution is 2.15. The summed E-state index contributed by atoms with van der Waals surface area (Å²) in [7, 11) is 0. The molecule has 2 atom stereocenters. The van der Waals surface area contributed by atoms with Crippen molar-refractivity contribution < 1.29 is 4.74 Å². The van der Waals surface area contributed by atoms with Crippen molar-refractivity contribution >= 4 is 0 Å². The van der Waals surface area contributed by atoms with Gasteiger partial charge in [0.1, 0.15) is 6.23 Å². The van der Waals surface area contributed by atoms with E-state index in [0.29, 0.717) is 17.9 Å². The average molecular weight is 157 g/mol. The van der Waals surface area contributed by atoms with Gasteiger partial charge < -0.3 is 4.74 Å². The Balaban J connectivity index is 2.35. The molecule has 0 spiro atoms. The summed E-state index contributed by atoms with van der Waals surface area (Å²) in [6, 6.07) is 0.558. The predicted molar refractivity (Wildman–Crippen MR) is 46.3 cm³/mol. The van der Waals surface area contributed by atoms with Crippen LogP contribution in [0.1, 0.15) is 27.7 Å². The van der Waals surface area contributed by atoms with Gasteiger partial charge in [0.2, 0.25) is 0 Å². The molecule has 2 nitrogen and oxygen atoms in total. The average Bonchev–Trinajstić information content (AvgIpc) is 2.33. The van der Waals surface area contributed by atoms with Crippen molar-refractivity contribution in [2.24, 2.45) is 11.8 Å². The van der Waals surface area contributed by atoms with Crippen LogP contribution in [0.5, 0.6) is 0 Å². The van der Waals surface area contributed by atoms with Gasteiger partial charge in [-0.05, 0) is 11.8 Å². The zero-order chi connectivity index (χ0) is 8.43. The second kappa shape index (κ2) is 3.55. The maximum atomic E-state index is 5.58. The van der Waals surface area contributed by atoms with E-state index in [0.717, 1.165) is 6.61 Å². The van der Waals surface area contributed by atoms with Crippen molar-refractivity contribution in [2.75, 3.05) is 6.61 Å². The van der Waals surface area contributed by atoms with Gasteiger partial charge in [0, 0.05) is 6.04 Å². The van der Waals surface area contributed by atoms with Crippen LogP contribution in [0.2, 0.25) is 0 Å². The lowest BCUT2D eigenvalue weighted by molar-refractivity contribution is 0.0641. The number of ether oxygens (including phenoxy) is 1. The normalized spacial score (nSPS) is 32.2. The van der Waals surface area contributed by atoms with Crippen LogP contribution in [0.25, 0.3) is 0 Å². The van der Waals surface area contributed by atoms with E-state index in [9.17, 15) is 0 Å². The minimum absolute atomic E-state index is 0.280. The molecule has 0 radical (unpaired) electrons. The van der Waals surface area contributed by atoms with Crippen LogP contribution in [-0.2, 0) is 4.74 Å². The number of hydrogen-bond acceptors (Lipinski definition) is 2. The van der Waals surface area contributed by atoms with Crippen LogP contribution in [0, 0.1) is 11.8 Å². The van der Waals surface area contributed by atoms with Crippen LogP contribution in [0.4, 0.5) is 0 Å². The number of rotatable bonds is 2. The molecule has 0 aromatic rings. The van der Waals surface area contributed by atoms with Crippen molar-refractivity contribution in [3.63, 3.8) is 0 Å². The first-order valence-electron chi connectivity index (χ1n) is 4.49. The molecule has 0 aromatic carbocycles. The van der Waals surface area contributed by atoms with Crippen LogP contribution >= 0.6 is 0 Å². The molecule has 1 aliphatic heterocycles. The second-order valence-corrected chi connectivity index (χ2v) is 4.02. The summed E-state index contributed by atoms with van der Waals surface area (Å²) in [5, 5.41) is 3.47. The van der Waals surface area contributed by atoms with Gasteiger partial charge in [0.05, 0.1) is 6.61 Å². The molecule has 0 aromatic heterocycles. The summed E-state index contributed by atoms with van der Waals surface area (Å²) in [4.78, 5) is 0. The zero-order valence-corrected chi connectivity index (χ0v) is 7.92. The minimum atomic E-state index is 0.280. The van der Waals surface area contributed by atoms with Crippen LogP contribution < -0.4 is 5.32 Å². The molecule has 1 N–H and O–H groups in total. The summed E-state index contributed by atoms with van der Waals surface area (Å²) >= 11 is 0. The van der Waals surface area contributed by atoms with Crippen LogP contribution in [-0.4, -0.2) is 18.9 Å². The molecular formula is C9H19NO. The Kier molecular flexibility index (Phi) is 2.90. The summed E-state index contributed by atoms with van der Waals surface area (Å²) in [5.41, 5.74) is 0. The Morgan fingerprint density at radius 1 is 1.18 bits per heavy atom. The van der Waals surface area contributed by atoms with Gasteiger partial charge in [-0.2, -0.15) is 0 Å². The number of nitrogens with one attached hydrogen (secondary N) is 1. The Morgan fingerprint density at radius 3 is 2.09 bits per heavy atom. The van der Waals surface area contributed by atoms with E-state index < -0.39 is 0 Å². The topological polar surface area (TPSA) is 21.3 Å². The summed E-state index contributed by atoms with van der Waals surface area (Å²) < 4.78 is 5.58. The predicted octanol–water partition coefficient (Wildman–Crippen LogP) is 1.61. The van der Waals surface area contributed by atoms with E-state index >= 15 is 0 Å². The first kappa shape index (κ1) is 9.01. The fourth-order valence-electron chi connectivity index (χ4n) is 1.28. The first-order chi connectivity index (χ1) is 5.11.